The molecule has 38 heavy (non-hydrogen) atoms. The molecule has 0 aromatic carbocycles. The van der Waals surface area contributed by atoms with Crippen molar-refractivity contribution in [2.75, 3.05) is 12.3 Å². The second-order valence-corrected chi connectivity index (χ2v) is 13.7. The van der Waals surface area contributed by atoms with Crippen molar-refractivity contribution in [3.05, 3.63) is 45.4 Å². The summed E-state index contributed by atoms with van der Waals surface area (Å²) >= 11 is 1.26. The lowest BCUT2D eigenvalue weighted by atomic mass is 9.81. The van der Waals surface area contributed by atoms with Crippen LogP contribution in [-0.4, -0.2) is 48.6 Å². The first kappa shape index (κ1) is 28.5. The van der Waals surface area contributed by atoms with Crippen LogP contribution in [0.2, 0.25) is 0 Å². The van der Waals surface area contributed by atoms with Crippen LogP contribution in [-0.2, 0) is 16.4 Å². The smallest absolute Gasteiger partial charge is 0.346 e. The molecule has 0 radical (unpaired) electrons. The zero-order chi connectivity index (χ0) is 27.8. The summed E-state index contributed by atoms with van der Waals surface area (Å²) in [5, 5.41) is 2.77. The van der Waals surface area contributed by atoms with Crippen molar-refractivity contribution in [1.82, 2.24) is 15.2 Å². The Hall–Kier alpha value is -2.47. The highest BCUT2D eigenvalue weighted by molar-refractivity contribution is 7.91. The van der Waals surface area contributed by atoms with Crippen LogP contribution >= 0.6 is 11.3 Å². The number of hydrogen-bond acceptors (Lipinski definition) is 6. The minimum absolute atomic E-state index is 0.0273. The van der Waals surface area contributed by atoms with Crippen molar-refractivity contribution in [2.45, 2.75) is 70.1 Å². The maximum Gasteiger partial charge on any atom is 0.391 e. The van der Waals surface area contributed by atoms with E-state index in [0.717, 1.165) is 4.88 Å². The first-order chi connectivity index (χ1) is 17.8. The molecule has 4 rings (SSSR count). The summed E-state index contributed by atoms with van der Waals surface area (Å²) < 4.78 is 63.0. The van der Waals surface area contributed by atoms with Crippen LogP contribution in [0.25, 0.3) is 0 Å². The number of halogens is 3. The fraction of sp³-hybridized carbons (Fsp3) is 0.577. The summed E-state index contributed by atoms with van der Waals surface area (Å²) in [6.07, 6.45) is -1.80. The number of fused-ring (bicyclic) bond motifs is 1. The van der Waals surface area contributed by atoms with Gasteiger partial charge in [-0.05, 0) is 55.7 Å². The van der Waals surface area contributed by atoms with Gasteiger partial charge in [-0.2, -0.15) is 13.2 Å². The van der Waals surface area contributed by atoms with Crippen molar-refractivity contribution in [1.29, 1.82) is 0 Å². The first-order valence-corrected chi connectivity index (χ1v) is 15.3. The molecule has 12 heteroatoms. The van der Waals surface area contributed by atoms with E-state index < -0.39 is 21.9 Å². The summed E-state index contributed by atoms with van der Waals surface area (Å²) in [5.41, 5.74) is 0.982. The number of amides is 2. The highest BCUT2D eigenvalue weighted by atomic mass is 32.2. The number of carbonyl (C=O) groups is 2. The van der Waals surface area contributed by atoms with Crippen molar-refractivity contribution < 1.29 is 31.2 Å². The van der Waals surface area contributed by atoms with Crippen molar-refractivity contribution >= 4 is 33.0 Å². The minimum Gasteiger partial charge on any atom is -0.346 e. The third-order valence-corrected chi connectivity index (χ3v) is 10.4. The fourth-order valence-corrected chi connectivity index (χ4v) is 7.44. The van der Waals surface area contributed by atoms with Crippen LogP contribution < -0.4 is 5.32 Å². The molecule has 0 saturated heterocycles. The van der Waals surface area contributed by atoms with Gasteiger partial charge in [0, 0.05) is 17.6 Å². The molecule has 1 fully saturated rings. The predicted molar refractivity (Wildman–Crippen MR) is 138 cm³/mol. The summed E-state index contributed by atoms with van der Waals surface area (Å²) in [6.45, 7) is 6.06. The van der Waals surface area contributed by atoms with Gasteiger partial charge < -0.3 is 10.2 Å². The maximum atomic E-state index is 13.3. The number of sulfone groups is 1. The lowest BCUT2D eigenvalue weighted by molar-refractivity contribution is -0.184. The number of thiophene rings is 1. The van der Waals surface area contributed by atoms with Gasteiger partial charge in [0.15, 0.2) is 9.84 Å². The molecule has 2 amide bonds. The standard InChI is InChI=1S/C26H32F3N3O4S2/c1-4-38(35,36)19-10-9-18(30-13-19)12-31-24(33)21-11-20-23(37-21)22(15(2)3)32(25(20)34)14-16-5-7-17(8-6-16)26(27,28)29/h9-11,13,15-17,22H,4-8,12,14H2,1-3H3,(H,31,33)/t16-,17+,22-/m1/s1. The van der Waals surface area contributed by atoms with Crippen LogP contribution in [0.3, 0.4) is 0 Å². The molecular formula is C26H32F3N3O4S2. The molecule has 7 nitrogen and oxygen atoms in total. The van der Waals surface area contributed by atoms with Crippen LogP contribution in [0.15, 0.2) is 29.3 Å². The van der Waals surface area contributed by atoms with E-state index in [9.17, 15) is 31.2 Å². The van der Waals surface area contributed by atoms with Crippen LogP contribution in [0, 0.1) is 17.8 Å². The number of pyridine rings is 1. The molecular weight excluding hydrogens is 539 g/mol. The van der Waals surface area contributed by atoms with E-state index in [2.05, 4.69) is 10.3 Å². The second-order valence-electron chi connectivity index (χ2n) is 10.4. The Kier molecular flexibility index (Phi) is 8.23. The molecule has 0 spiro atoms. The van der Waals surface area contributed by atoms with Crippen LogP contribution in [0.5, 0.6) is 0 Å². The number of carbonyl (C=O) groups excluding carboxylic acids is 2. The molecule has 2 aliphatic rings. The number of hydrogen-bond donors (Lipinski definition) is 1. The lowest BCUT2D eigenvalue weighted by Crippen LogP contribution is -2.37. The zero-order valence-corrected chi connectivity index (χ0v) is 23.2. The molecule has 1 aliphatic carbocycles. The Morgan fingerprint density at radius 2 is 1.89 bits per heavy atom. The molecule has 208 valence electrons. The van der Waals surface area contributed by atoms with Gasteiger partial charge in [-0.1, -0.05) is 20.8 Å². The average molecular weight is 572 g/mol. The number of nitrogens with zero attached hydrogens (tertiary/aromatic N) is 2. The lowest BCUT2D eigenvalue weighted by Gasteiger charge is -2.35. The Bertz CT molecular complexity index is 1280. The predicted octanol–water partition coefficient (Wildman–Crippen LogP) is 5.39. The normalized spacial score (nSPS) is 22.1. The molecule has 0 unspecified atom stereocenters. The largest absolute Gasteiger partial charge is 0.391 e. The van der Waals surface area contributed by atoms with E-state index in [1.807, 2.05) is 13.8 Å². The maximum absolute atomic E-state index is 13.3. The molecule has 1 atom stereocenters. The summed E-state index contributed by atoms with van der Waals surface area (Å²) in [6, 6.07) is 4.38. The Balaban J connectivity index is 1.40. The van der Waals surface area contributed by atoms with Crippen LogP contribution in [0.1, 0.15) is 83.1 Å². The number of rotatable bonds is 8. The van der Waals surface area contributed by atoms with Crippen molar-refractivity contribution in [3.8, 4) is 0 Å². The second kappa shape index (κ2) is 11.0. The number of alkyl halides is 3. The highest BCUT2D eigenvalue weighted by Crippen LogP contribution is 2.46. The summed E-state index contributed by atoms with van der Waals surface area (Å²) in [7, 11) is -3.36. The van der Waals surface area contributed by atoms with Crippen molar-refractivity contribution in [2.24, 2.45) is 17.8 Å². The molecule has 2 aromatic heterocycles. The SMILES string of the molecule is CCS(=O)(=O)c1ccc(CNC(=O)c2cc3c(s2)[C@@H](C(C)C)N(C[C@H]2CC[C@@H](C(F)(F)F)CC2)C3=O)nc1. The quantitative estimate of drug-likeness (QED) is 0.459. The molecule has 3 heterocycles. The number of aromatic nitrogens is 1. The third kappa shape index (κ3) is 5.90. The van der Waals surface area contributed by atoms with Gasteiger partial charge in [-0.15, -0.1) is 11.3 Å². The van der Waals surface area contributed by atoms with Crippen LogP contribution in [0.4, 0.5) is 13.2 Å². The van der Waals surface area contributed by atoms with E-state index in [4.69, 9.17) is 0 Å². The highest BCUT2D eigenvalue weighted by Gasteiger charge is 2.44. The van der Waals surface area contributed by atoms with Gasteiger partial charge in [0.2, 0.25) is 0 Å². The molecule has 1 saturated carbocycles. The van der Waals surface area contributed by atoms with E-state index in [1.54, 1.807) is 24.0 Å². The van der Waals surface area contributed by atoms with E-state index in [0.29, 0.717) is 35.5 Å². The van der Waals surface area contributed by atoms with Gasteiger partial charge in [0.25, 0.3) is 11.8 Å². The summed E-state index contributed by atoms with van der Waals surface area (Å²) in [4.78, 5) is 33.4. The Morgan fingerprint density at radius 1 is 1.21 bits per heavy atom. The van der Waals surface area contributed by atoms with E-state index in [-0.39, 0.29) is 59.7 Å². The summed E-state index contributed by atoms with van der Waals surface area (Å²) in [5.74, 6) is -1.72. The fourth-order valence-electron chi connectivity index (χ4n) is 5.26. The average Bonchev–Trinajstić information content (AvgIpc) is 3.41. The first-order valence-electron chi connectivity index (χ1n) is 12.8. The number of nitrogens with one attached hydrogen (secondary N) is 1. The van der Waals surface area contributed by atoms with Gasteiger partial charge in [-0.25, -0.2) is 8.42 Å². The van der Waals surface area contributed by atoms with Gasteiger partial charge >= 0.3 is 6.18 Å². The monoisotopic (exact) mass is 571 g/mol. The van der Waals surface area contributed by atoms with Gasteiger partial charge in [0.1, 0.15) is 0 Å². The zero-order valence-electron chi connectivity index (χ0n) is 21.5. The topological polar surface area (TPSA) is 96.4 Å². The molecule has 1 aliphatic heterocycles. The van der Waals surface area contributed by atoms with Crippen molar-refractivity contribution in [3.63, 3.8) is 0 Å². The van der Waals surface area contributed by atoms with Gasteiger partial charge in [-0.3, -0.25) is 14.6 Å². The third-order valence-electron chi connectivity index (χ3n) is 7.44. The van der Waals surface area contributed by atoms with E-state index >= 15 is 0 Å². The van der Waals surface area contributed by atoms with E-state index in [1.165, 1.54) is 23.6 Å². The van der Waals surface area contributed by atoms with Gasteiger partial charge in [0.05, 0.1) is 45.3 Å². The Morgan fingerprint density at radius 3 is 2.45 bits per heavy atom. The molecule has 1 N–H and O–H groups in total. The molecule has 2 aromatic rings. The molecule has 0 bridgehead atoms. The Labute approximate surface area is 224 Å². The minimum atomic E-state index is -4.16.